The van der Waals surface area contributed by atoms with Crippen LogP contribution >= 0.6 is 0 Å². The fourth-order valence-corrected chi connectivity index (χ4v) is 6.35. The number of morpholine rings is 1. The molecule has 0 radical (unpaired) electrons. The van der Waals surface area contributed by atoms with Crippen molar-refractivity contribution < 1.29 is 19.7 Å². The summed E-state index contributed by atoms with van der Waals surface area (Å²) < 4.78 is 5.67. The zero-order valence-electron chi connectivity index (χ0n) is 24.2. The monoisotopic (exact) mass is 562 g/mol. The molecule has 2 saturated carbocycles. The van der Waals surface area contributed by atoms with Crippen molar-refractivity contribution >= 4 is 29.0 Å². The molecule has 1 amide bonds. The molecule has 2 aliphatic heterocycles. The molecule has 3 heterocycles. The topological polar surface area (TPSA) is 123 Å². The molecule has 4 N–H and O–H groups in total. The lowest BCUT2D eigenvalue weighted by molar-refractivity contribution is 0.0526. The van der Waals surface area contributed by atoms with Gasteiger partial charge in [0.05, 0.1) is 37.2 Å². The maximum absolute atomic E-state index is 13.7. The summed E-state index contributed by atoms with van der Waals surface area (Å²) in [6, 6.07) is 8.04. The summed E-state index contributed by atoms with van der Waals surface area (Å²) >= 11 is 0. The first kappa shape index (κ1) is 27.9. The molecule has 4 aliphatic rings. The van der Waals surface area contributed by atoms with Crippen LogP contribution in [0.1, 0.15) is 61.5 Å². The number of hydrogen-bond donors (Lipinski definition) is 4. The Hall–Kier alpha value is -3.21. The second-order valence-corrected chi connectivity index (χ2v) is 12.3. The fraction of sp³-hybridized carbons (Fsp3) is 0.581. The molecule has 220 valence electrons. The van der Waals surface area contributed by atoms with Crippen LogP contribution in [-0.2, 0) is 4.74 Å². The van der Waals surface area contributed by atoms with Crippen LogP contribution in [0.15, 0.2) is 35.4 Å². The molecular weight excluding hydrogens is 520 g/mol. The van der Waals surface area contributed by atoms with Crippen LogP contribution in [0.5, 0.6) is 0 Å². The van der Waals surface area contributed by atoms with Gasteiger partial charge in [-0.3, -0.25) is 4.79 Å². The van der Waals surface area contributed by atoms with E-state index < -0.39 is 0 Å². The van der Waals surface area contributed by atoms with E-state index in [1.165, 1.54) is 25.7 Å². The summed E-state index contributed by atoms with van der Waals surface area (Å²) in [5, 5.41) is 25.6. The highest BCUT2D eigenvalue weighted by molar-refractivity contribution is 6.08. The molecule has 2 saturated heterocycles. The molecule has 0 unspecified atom stereocenters. The minimum absolute atomic E-state index is 0.0954. The third-order valence-corrected chi connectivity index (χ3v) is 9.21. The first-order chi connectivity index (χ1) is 19.8. The van der Waals surface area contributed by atoms with Gasteiger partial charge in [-0.15, -0.1) is 0 Å². The number of ether oxygens (including phenoxy) is 1. The number of hydrogen-bond acceptors (Lipinski definition) is 9. The number of anilines is 4. The molecule has 1 aromatic heterocycles. The van der Waals surface area contributed by atoms with E-state index in [2.05, 4.69) is 31.5 Å². The number of piperidine rings is 1. The van der Waals surface area contributed by atoms with Gasteiger partial charge in [-0.05, 0) is 81.6 Å². The molecular formula is C31H42N6O4. The van der Waals surface area contributed by atoms with Crippen molar-refractivity contribution in [2.24, 2.45) is 5.41 Å². The molecule has 1 atom stereocenters. The Bertz CT molecular complexity index is 1300. The van der Waals surface area contributed by atoms with E-state index in [0.717, 1.165) is 60.7 Å². The Balaban J connectivity index is 1.21. The zero-order valence-corrected chi connectivity index (χ0v) is 24.2. The van der Waals surface area contributed by atoms with Crippen LogP contribution in [-0.4, -0.2) is 84.2 Å². The number of aromatic nitrogens is 2. The average Bonchev–Trinajstić information content (AvgIpc) is 3.70. The number of rotatable bonds is 8. The first-order valence-corrected chi connectivity index (χ1v) is 15.0. The smallest absolute Gasteiger partial charge is 0.258 e. The number of benzene rings is 1. The standard InChI is InChI=1S/C31H42N6O4/c1-20-13-28(35-30(32-20)37-11-12-41-21(2)17-37)34-29(40)26-4-3-24(33-25-14-22(15-25)23(18-38)19-39)16-27(26)36-9-7-31(5-6-31)8-10-36/h3-4,13,16,21,25,33,38-39H,5-12,14-15,17-19H2,1-2H3,(H,32,34,35,40)/t21-/m1/s1. The van der Waals surface area contributed by atoms with Gasteiger partial charge in [0, 0.05) is 49.7 Å². The summed E-state index contributed by atoms with van der Waals surface area (Å²) in [5.41, 5.74) is 5.74. The summed E-state index contributed by atoms with van der Waals surface area (Å²) in [4.78, 5) is 27.5. The molecule has 10 nitrogen and oxygen atoms in total. The summed E-state index contributed by atoms with van der Waals surface area (Å²) in [5.74, 6) is 0.931. The Labute approximate surface area is 241 Å². The third kappa shape index (κ3) is 6.19. The van der Waals surface area contributed by atoms with Gasteiger partial charge in [0.25, 0.3) is 5.91 Å². The van der Waals surface area contributed by atoms with Gasteiger partial charge in [-0.1, -0.05) is 5.57 Å². The quantitative estimate of drug-likeness (QED) is 0.358. The van der Waals surface area contributed by atoms with Crippen molar-refractivity contribution in [3.8, 4) is 0 Å². The second kappa shape index (κ2) is 11.6. The Kier molecular flexibility index (Phi) is 7.89. The van der Waals surface area contributed by atoms with E-state index in [-0.39, 0.29) is 31.3 Å². The van der Waals surface area contributed by atoms with Gasteiger partial charge in [0.15, 0.2) is 0 Å². The molecule has 1 spiro atoms. The number of nitrogens with one attached hydrogen (secondary N) is 2. The molecule has 1 aromatic carbocycles. The fourth-order valence-electron chi connectivity index (χ4n) is 6.35. The molecule has 4 fully saturated rings. The van der Waals surface area contributed by atoms with E-state index in [1.807, 2.05) is 32.0 Å². The molecule has 6 rings (SSSR count). The van der Waals surface area contributed by atoms with E-state index in [4.69, 9.17) is 9.72 Å². The van der Waals surface area contributed by atoms with E-state index in [0.29, 0.717) is 35.9 Å². The predicted molar refractivity (Wildman–Crippen MR) is 160 cm³/mol. The van der Waals surface area contributed by atoms with Gasteiger partial charge in [-0.2, -0.15) is 4.98 Å². The largest absolute Gasteiger partial charge is 0.392 e. The minimum Gasteiger partial charge on any atom is -0.392 e. The SMILES string of the molecule is Cc1cc(NC(=O)c2ccc(NC3CC(=C(CO)CO)C3)cc2N2CCC3(CC2)CC3)nc(N2CCO[C@H](C)C2)n1. The summed E-state index contributed by atoms with van der Waals surface area (Å²) in [6.45, 7) is 7.72. The summed E-state index contributed by atoms with van der Waals surface area (Å²) in [7, 11) is 0. The van der Waals surface area contributed by atoms with Crippen LogP contribution < -0.4 is 20.4 Å². The van der Waals surface area contributed by atoms with E-state index in [1.54, 1.807) is 0 Å². The molecule has 0 bridgehead atoms. The van der Waals surface area contributed by atoms with Crippen molar-refractivity contribution in [2.75, 3.05) is 66.4 Å². The number of nitrogens with zero attached hydrogens (tertiary/aromatic N) is 4. The number of aliphatic hydroxyl groups excluding tert-OH is 2. The normalized spacial score (nSPS) is 23.3. The zero-order chi connectivity index (χ0) is 28.6. The Morgan fingerprint density at radius 1 is 1.05 bits per heavy atom. The van der Waals surface area contributed by atoms with Gasteiger partial charge < -0.3 is 35.4 Å². The van der Waals surface area contributed by atoms with Crippen molar-refractivity contribution in [1.29, 1.82) is 0 Å². The lowest BCUT2D eigenvalue weighted by Gasteiger charge is -2.36. The number of aryl methyl sites for hydroxylation is 1. The van der Waals surface area contributed by atoms with Crippen LogP contribution in [0, 0.1) is 12.3 Å². The summed E-state index contributed by atoms with van der Waals surface area (Å²) in [6.07, 6.45) is 6.70. The maximum Gasteiger partial charge on any atom is 0.258 e. The predicted octanol–water partition coefficient (Wildman–Crippen LogP) is 3.50. The Morgan fingerprint density at radius 3 is 2.49 bits per heavy atom. The molecule has 10 heteroatoms. The first-order valence-electron chi connectivity index (χ1n) is 15.0. The molecule has 2 aliphatic carbocycles. The van der Waals surface area contributed by atoms with Crippen molar-refractivity contribution in [3.63, 3.8) is 0 Å². The van der Waals surface area contributed by atoms with Crippen molar-refractivity contribution in [3.05, 3.63) is 46.7 Å². The van der Waals surface area contributed by atoms with Crippen LogP contribution in [0.3, 0.4) is 0 Å². The number of aliphatic hydroxyl groups is 2. The Morgan fingerprint density at radius 2 is 1.80 bits per heavy atom. The maximum atomic E-state index is 13.7. The number of amides is 1. The minimum atomic E-state index is -0.179. The van der Waals surface area contributed by atoms with Gasteiger partial charge in [0.2, 0.25) is 5.95 Å². The van der Waals surface area contributed by atoms with E-state index >= 15 is 0 Å². The molecule has 2 aromatic rings. The third-order valence-electron chi connectivity index (χ3n) is 9.21. The van der Waals surface area contributed by atoms with Crippen LogP contribution in [0.2, 0.25) is 0 Å². The van der Waals surface area contributed by atoms with Crippen LogP contribution in [0.4, 0.5) is 23.1 Å². The second-order valence-electron chi connectivity index (χ2n) is 12.3. The van der Waals surface area contributed by atoms with E-state index in [9.17, 15) is 15.0 Å². The highest BCUT2D eigenvalue weighted by Gasteiger charge is 2.44. The molecule has 41 heavy (non-hydrogen) atoms. The highest BCUT2D eigenvalue weighted by atomic mass is 16.5. The lowest BCUT2D eigenvalue weighted by Crippen LogP contribution is -2.42. The highest BCUT2D eigenvalue weighted by Crippen LogP contribution is 2.54. The number of carbonyl (C=O) groups excluding carboxylic acids is 1. The lowest BCUT2D eigenvalue weighted by atomic mass is 9.83. The van der Waals surface area contributed by atoms with Crippen LogP contribution in [0.25, 0.3) is 0 Å². The van der Waals surface area contributed by atoms with Crippen molar-refractivity contribution in [1.82, 2.24) is 9.97 Å². The van der Waals surface area contributed by atoms with Gasteiger partial charge in [0.1, 0.15) is 5.82 Å². The van der Waals surface area contributed by atoms with Gasteiger partial charge in [-0.25, -0.2) is 4.98 Å². The number of carbonyl (C=O) groups is 1. The van der Waals surface area contributed by atoms with Gasteiger partial charge >= 0.3 is 0 Å². The van der Waals surface area contributed by atoms with Crippen molar-refractivity contribution in [2.45, 2.75) is 64.5 Å². The average molecular weight is 563 g/mol.